The van der Waals surface area contributed by atoms with Crippen LogP contribution >= 0.6 is 22.6 Å². The van der Waals surface area contributed by atoms with E-state index in [1.807, 2.05) is 7.05 Å². The van der Waals surface area contributed by atoms with Gasteiger partial charge in [-0.1, -0.05) is 6.07 Å². The lowest BCUT2D eigenvalue weighted by Gasteiger charge is -2.08. The van der Waals surface area contributed by atoms with Crippen LogP contribution in [0.2, 0.25) is 0 Å². The molecule has 0 spiro atoms. The average molecular weight is 261 g/mol. The van der Waals surface area contributed by atoms with Crippen molar-refractivity contribution in [3.05, 3.63) is 26.8 Å². The number of nitrogens with one attached hydrogen (secondary N) is 1. The first kappa shape index (κ1) is 8.84. The number of halogens is 1. The van der Waals surface area contributed by atoms with Crippen LogP contribution in [0.25, 0.3) is 0 Å². The summed E-state index contributed by atoms with van der Waals surface area (Å²) in [4.78, 5) is 0. The quantitative estimate of drug-likeness (QED) is 0.766. The van der Waals surface area contributed by atoms with Crippen LogP contribution in [0.1, 0.15) is 11.1 Å². The molecule has 0 fully saturated rings. The lowest BCUT2D eigenvalue weighted by molar-refractivity contribution is 1.33. The molecule has 0 aliphatic rings. The van der Waals surface area contributed by atoms with Crippen molar-refractivity contribution >= 4 is 28.3 Å². The number of anilines is 1. The standard InChI is InChI=1S/C9H12IN/c1-6-4-7(2)9(11-3)8(10)5-6/h4-5,11H,1-3H3. The molecule has 1 rings (SSSR count). The third-order valence-electron chi connectivity index (χ3n) is 1.68. The molecule has 0 amide bonds. The van der Waals surface area contributed by atoms with Gasteiger partial charge in [0.2, 0.25) is 0 Å². The highest BCUT2D eigenvalue weighted by Crippen LogP contribution is 2.23. The van der Waals surface area contributed by atoms with Gasteiger partial charge in [0.25, 0.3) is 0 Å². The smallest absolute Gasteiger partial charge is 0.0503 e. The summed E-state index contributed by atoms with van der Waals surface area (Å²) in [5, 5.41) is 3.18. The van der Waals surface area contributed by atoms with Crippen LogP contribution in [-0.4, -0.2) is 7.05 Å². The Labute approximate surface area is 81.3 Å². The predicted octanol–water partition coefficient (Wildman–Crippen LogP) is 2.95. The largest absolute Gasteiger partial charge is 0.387 e. The van der Waals surface area contributed by atoms with E-state index in [0.29, 0.717) is 0 Å². The minimum Gasteiger partial charge on any atom is -0.387 e. The minimum absolute atomic E-state index is 1.25. The topological polar surface area (TPSA) is 12.0 Å². The fourth-order valence-electron chi connectivity index (χ4n) is 1.23. The molecule has 60 valence electrons. The molecule has 1 N–H and O–H groups in total. The van der Waals surface area contributed by atoms with E-state index >= 15 is 0 Å². The Hall–Kier alpha value is -0.250. The Morgan fingerprint density at radius 2 is 1.91 bits per heavy atom. The van der Waals surface area contributed by atoms with Gasteiger partial charge in [-0.05, 0) is 53.6 Å². The van der Waals surface area contributed by atoms with Crippen molar-refractivity contribution in [1.82, 2.24) is 0 Å². The highest BCUT2D eigenvalue weighted by molar-refractivity contribution is 14.1. The van der Waals surface area contributed by atoms with Gasteiger partial charge in [0, 0.05) is 10.6 Å². The summed E-state index contributed by atoms with van der Waals surface area (Å²) >= 11 is 2.35. The first-order valence-electron chi connectivity index (χ1n) is 3.59. The average Bonchev–Trinajstić information content (AvgIpc) is 1.85. The van der Waals surface area contributed by atoms with Crippen molar-refractivity contribution in [1.29, 1.82) is 0 Å². The van der Waals surface area contributed by atoms with E-state index in [2.05, 4.69) is 53.9 Å². The van der Waals surface area contributed by atoms with E-state index in [9.17, 15) is 0 Å². The molecule has 0 aromatic heterocycles. The summed E-state index contributed by atoms with van der Waals surface area (Å²) in [5.41, 5.74) is 3.89. The second-order valence-electron chi connectivity index (χ2n) is 2.69. The summed E-state index contributed by atoms with van der Waals surface area (Å²) in [6.45, 7) is 4.25. The molecule has 1 aromatic carbocycles. The molecule has 0 saturated carbocycles. The van der Waals surface area contributed by atoms with Crippen molar-refractivity contribution in [3.8, 4) is 0 Å². The Balaban J connectivity index is 3.25. The van der Waals surface area contributed by atoms with E-state index < -0.39 is 0 Å². The van der Waals surface area contributed by atoms with Crippen molar-refractivity contribution in [2.24, 2.45) is 0 Å². The lowest BCUT2D eigenvalue weighted by atomic mass is 10.1. The molecule has 0 bridgehead atoms. The Morgan fingerprint density at radius 1 is 1.27 bits per heavy atom. The second-order valence-corrected chi connectivity index (χ2v) is 3.85. The van der Waals surface area contributed by atoms with Crippen LogP contribution < -0.4 is 5.32 Å². The van der Waals surface area contributed by atoms with E-state index in [4.69, 9.17) is 0 Å². The molecule has 0 radical (unpaired) electrons. The van der Waals surface area contributed by atoms with Gasteiger partial charge < -0.3 is 5.32 Å². The highest BCUT2D eigenvalue weighted by atomic mass is 127. The van der Waals surface area contributed by atoms with Gasteiger partial charge in [-0.3, -0.25) is 0 Å². The van der Waals surface area contributed by atoms with Gasteiger partial charge in [0.05, 0.1) is 5.69 Å². The maximum Gasteiger partial charge on any atom is 0.0503 e. The molecule has 0 aliphatic heterocycles. The van der Waals surface area contributed by atoms with Crippen LogP contribution in [0.5, 0.6) is 0 Å². The first-order valence-corrected chi connectivity index (χ1v) is 4.67. The monoisotopic (exact) mass is 261 g/mol. The molecular formula is C9H12IN. The van der Waals surface area contributed by atoms with Gasteiger partial charge in [-0.15, -0.1) is 0 Å². The highest BCUT2D eigenvalue weighted by Gasteiger charge is 2.00. The van der Waals surface area contributed by atoms with Crippen molar-refractivity contribution in [2.45, 2.75) is 13.8 Å². The SMILES string of the molecule is CNc1c(C)cc(C)cc1I. The third-order valence-corrected chi connectivity index (χ3v) is 2.53. The van der Waals surface area contributed by atoms with Gasteiger partial charge >= 0.3 is 0 Å². The molecule has 11 heavy (non-hydrogen) atoms. The zero-order valence-electron chi connectivity index (χ0n) is 7.03. The molecular weight excluding hydrogens is 249 g/mol. The Morgan fingerprint density at radius 3 is 2.36 bits per heavy atom. The van der Waals surface area contributed by atoms with Crippen LogP contribution in [-0.2, 0) is 0 Å². The number of hydrogen-bond donors (Lipinski definition) is 1. The van der Waals surface area contributed by atoms with Gasteiger partial charge in [0.15, 0.2) is 0 Å². The summed E-state index contributed by atoms with van der Waals surface area (Å²) in [5.74, 6) is 0. The van der Waals surface area contributed by atoms with Crippen molar-refractivity contribution in [2.75, 3.05) is 12.4 Å². The maximum absolute atomic E-state index is 3.18. The zero-order chi connectivity index (χ0) is 8.43. The molecule has 1 aromatic rings. The molecule has 0 saturated heterocycles. The Bertz CT molecular complexity index is 245. The van der Waals surface area contributed by atoms with E-state index in [1.54, 1.807) is 0 Å². The predicted molar refractivity (Wildman–Crippen MR) is 58.2 cm³/mol. The van der Waals surface area contributed by atoms with E-state index in [0.717, 1.165) is 0 Å². The molecule has 0 aliphatic carbocycles. The summed E-state index contributed by atoms with van der Waals surface area (Å²) in [6, 6.07) is 4.37. The number of rotatable bonds is 1. The number of aryl methyl sites for hydroxylation is 2. The number of benzene rings is 1. The van der Waals surface area contributed by atoms with E-state index in [-0.39, 0.29) is 0 Å². The van der Waals surface area contributed by atoms with Gasteiger partial charge in [-0.2, -0.15) is 0 Å². The molecule has 0 unspecified atom stereocenters. The van der Waals surface area contributed by atoms with Crippen molar-refractivity contribution in [3.63, 3.8) is 0 Å². The zero-order valence-corrected chi connectivity index (χ0v) is 9.19. The van der Waals surface area contributed by atoms with Crippen LogP contribution in [0.15, 0.2) is 12.1 Å². The molecule has 0 heterocycles. The third kappa shape index (κ3) is 1.86. The van der Waals surface area contributed by atoms with Gasteiger partial charge in [-0.25, -0.2) is 0 Å². The Kier molecular flexibility index (Phi) is 2.76. The van der Waals surface area contributed by atoms with Crippen LogP contribution in [0.4, 0.5) is 5.69 Å². The van der Waals surface area contributed by atoms with Crippen LogP contribution in [0.3, 0.4) is 0 Å². The van der Waals surface area contributed by atoms with Crippen molar-refractivity contribution < 1.29 is 0 Å². The molecule has 0 atom stereocenters. The summed E-state index contributed by atoms with van der Waals surface area (Å²) in [6.07, 6.45) is 0. The van der Waals surface area contributed by atoms with Crippen LogP contribution in [0, 0.1) is 17.4 Å². The lowest BCUT2D eigenvalue weighted by Crippen LogP contribution is -1.95. The normalized spacial score (nSPS) is 9.82. The summed E-state index contributed by atoms with van der Waals surface area (Å²) < 4.78 is 1.29. The second kappa shape index (κ2) is 3.43. The number of hydrogen-bond acceptors (Lipinski definition) is 1. The molecule has 2 heteroatoms. The summed E-state index contributed by atoms with van der Waals surface area (Å²) in [7, 11) is 1.96. The van der Waals surface area contributed by atoms with Gasteiger partial charge in [0.1, 0.15) is 0 Å². The first-order chi connectivity index (χ1) is 5.15. The fraction of sp³-hybridized carbons (Fsp3) is 0.333. The maximum atomic E-state index is 3.18. The molecule has 1 nitrogen and oxygen atoms in total. The minimum atomic E-state index is 1.25. The van der Waals surface area contributed by atoms with E-state index in [1.165, 1.54) is 20.4 Å². The fourth-order valence-corrected chi connectivity index (χ4v) is 2.42.